The van der Waals surface area contributed by atoms with Gasteiger partial charge in [0.15, 0.2) is 0 Å². The highest BCUT2D eigenvalue weighted by atomic mass is 15.2. The first kappa shape index (κ1) is 10.3. The van der Waals surface area contributed by atoms with Crippen molar-refractivity contribution in [3.05, 3.63) is 17.7 Å². The van der Waals surface area contributed by atoms with E-state index in [0.29, 0.717) is 11.8 Å². The van der Waals surface area contributed by atoms with E-state index >= 15 is 0 Å². The predicted molar refractivity (Wildman–Crippen MR) is 64.7 cm³/mol. The molecule has 0 saturated carbocycles. The summed E-state index contributed by atoms with van der Waals surface area (Å²) in [6.45, 7) is 5.93. The molecule has 16 heavy (non-hydrogen) atoms. The minimum Gasteiger partial charge on any atom is -0.332 e. The average Bonchev–Trinajstić information content (AvgIpc) is 2.84. The van der Waals surface area contributed by atoms with Gasteiger partial charge >= 0.3 is 0 Å². The summed E-state index contributed by atoms with van der Waals surface area (Å²) in [6, 6.07) is 0. The zero-order valence-corrected chi connectivity index (χ0v) is 10.3. The molecule has 3 nitrogen and oxygen atoms in total. The maximum Gasteiger partial charge on any atom is 0.113 e. The molecule has 2 unspecified atom stereocenters. The molecule has 1 aromatic rings. The van der Waals surface area contributed by atoms with Gasteiger partial charge < -0.3 is 9.47 Å². The Balaban J connectivity index is 1.91. The molecule has 0 radical (unpaired) electrons. The quantitative estimate of drug-likeness (QED) is 0.722. The molecule has 0 bridgehead atoms. The van der Waals surface area contributed by atoms with Crippen molar-refractivity contribution in [2.75, 3.05) is 20.1 Å². The minimum absolute atomic E-state index is 0.670. The van der Waals surface area contributed by atoms with Crippen LogP contribution in [0.4, 0.5) is 0 Å². The van der Waals surface area contributed by atoms with E-state index in [1.807, 2.05) is 0 Å². The molecular formula is C13H21N3. The third kappa shape index (κ3) is 1.58. The Kier molecular flexibility index (Phi) is 2.51. The first-order valence-electron chi connectivity index (χ1n) is 6.49. The number of nitrogens with zero attached hydrogens (tertiary/aromatic N) is 3. The van der Waals surface area contributed by atoms with E-state index in [1.54, 1.807) is 0 Å². The van der Waals surface area contributed by atoms with Gasteiger partial charge in [0.2, 0.25) is 0 Å². The third-order valence-corrected chi connectivity index (χ3v) is 4.20. The SMILES string of the molecule is CC1CCCn2c1cnc2C1CCN(C)C1. The largest absolute Gasteiger partial charge is 0.332 e. The number of imidazole rings is 1. The number of hydrogen-bond donors (Lipinski definition) is 0. The molecule has 2 aliphatic rings. The van der Waals surface area contributed by atoms with Gasteiger partial charge in [-0.1, -0.05) is 6.92 Å². The summed E-state index contributed by atoms with van der Waals surface area (Å²) < 4.78 is 2.50. The minimum atomic E-state index is 0.670. The molecule has 0 amide bonds. The van der Waals surface area contributed by atoms with Crippen molar-refractivity contribution in [3.8, 4) is 0 Å². The molecule has 0 spiro atoms. The molecule has 0 N–H and O–H groups in total. The summed E-state index contributed by atoms with van der Waals surface area (Å²) in [6.07, 6.45) is 6.05. The van der Waals surface area contributed by atoms with E-state index in [0.717, 1.165) is 0 Å². The molecule has 3 heterocycles. The summed E-state index contributed by atoms with van der Waals surface area (Å²) in [7, 11) is 2.21. The Labute approximate surface area is 97.5 Å². The predicted octanol–water partition coefficient (Wildman–Crippen LogP) is 2.20. The number of fused-ring (bicyclic) bond motifs is 1. The van der Waals surface area contributed by atoms with E-state index in [1.165, 1.54) is 50.4 Å². The topological polar surface area (TPSA) is 21.1 Å². The molecule has 2 aliphatic heterocycles. The second-order valence-corrected chi connectivity index (χ2v) is 5.48. The van der Waals surface area contributed by atoms with E-state index in [9.17, 15) is 0 Å². The second-order valence-electron chi connectivity index (χ2n) is 5.48. The van der Waals surface area contributed by atoms with E-state index in [-0.39, 0.29) is 0 Å². The molecule has 0 aliphatic carbocycles. The number of likely N-dealkylation sites (N-methyl/N-ethyl adjacent to an activating group) is 1. The van der Waals surface area contributed by atoms with Gasteiger partial charge in [-0.2, -0.15) is 0 Å². The van der Waals surface area contributed by atoms with Crippen molar-refractivity contribution in [1.82, 2.24) is 14.5 Å². The van der Waals surface area contributed by atoms with Crippen molar-refractivity contribution >= 4 is 0 Å². The highest BCUT2D eigenvalue weighted by Crippen LogP contribution is 2.32. The zero-order chi connectivity index (χ0) is 11.1. The molecule has 3 heteroatoms. The second kappa shape index (κ2) is 3.88. The summed E-state index contributed by atoms with van der Waals surface area (Å²) >= 11 is 0. The van der Waals surface area contributed by atoms with Crippen LogP contribution in [0.15, 0.2) is 6.20 Å². The zero-order valence-electron chi connectivity index (χ0n) is 10.3. The summed E-state index contributed by atoms with van der Waals surface area (Å²) in [5.41, 5.74) is 1.47. The van der Waals surface area contributed by atoms with Crippen molar-refractivity contribution in [2.45, 2.75) is 44.6 Å². The van der Waals surface area contributed by atoms with Crippen molar-refractivity contribution < 1.29 is 0 Å². The van der Waals surface area contributed by atoms with Crippen molar-refractivity contribution in [3.63, 3.8) is 0 Å². The number of aromatic nitrogens is 2. The van der Waals surface area contributed by atoms with Crippen LogP contribution in [0, 0.1) is 0 Å². The van der Waals surface area contributed by atoms with Gasteiger partial charge in [-0.05, 0) is 38.8 Å². The molecule has 1 aromatic heterocycles. The molecule has 1 saturated heterocycles. The fraction of sp³-hybridized carbons (Fsp3) is 0.769. The van der Waals surface area contributed by atoms with Crippen LogP contribution in [-0.2, 0) is 6.54 Å². The molecule has 3 rings (SSSR count). The third-order valence-electron chi connectivity index (χ3n) is 4.20. The first-order valence-corrected chi connectivity index (χ1v) is 6.49. The fourth-order valence-electron chi connectivity index (χ4n) is 3.22. The van der Waals surface area contributed by atoms with Gasteiger partial charge in [0.25, 0.3) is 0 Å². The Morgan fingerprint density at radius 2 is 2.19 bits per heavy atom. The standard InChI is InChI=1S/C13H21N3/c1-10-4-3-6-16-12(10)8-14-13(16)11-5-7-15(2)9-11/h8,10-11H,3-7,9H2,1-2H3. The van der Waals surface area contributed by atoms with E-state index < -0.39 is 0 Å². The smallest absolute Gasteiger partial charge is 0.113 e. The van der Waals surface area contributed by atoms with Crippen LogP contribution in [0.2, 0.25) is 0 Å². The lowest BCUT2D eigenvalue weighted by Crippen LogP contribution is -2.19. The summed E-state index contributed by atoms with van der Waals surface area (Å²) in [5.74, 6) is 2.73. The van der Waals surface area contributed by atoms with Crippen LogP contribution in [-0.4, -0.2) is 34.6 Å². The van der Waals surface area contributed by atoms with Crippen LogP contribution in [0.25, 0.3) is 0 Å². The van der Waals surface area contributed by atoms with Crippen molar-refractivity contribution in [2.24, 2.45) is 0 Å². The van der Waals surface area contributed by atoms with E-state index in [2.05, 4.69) is 29.6 Å². The summed E-state index contributed by atoms with van der Waals surface area (Å²) in [5, 5.41) is 0. The van der Waals surface area contributed by atoms with Crippen LogP contribution in [0.3, 0.4) is 0 Å². The molecule has 88 valence electrons. The first-order chi connectivity index (χ1) is 7.75. The lowest BCUT2D eigenvalue weighted by Gasteiger charge is -2.23. The lowest BCUT2D eigenvalue weighted by molar-refractivity contribution is 0.402. The normalized spacial score (nSPS) is 30.6. The van der Waals surface area contributed by atoms with Crippen molar-refractivity contribution in [1.29, 1.82) is 0 Å². The van der Waals surface area contributed by atoms with Crippen LogP contribution < -0.4 is 0 Å². The molecule has 1 fully saturated rings. The molecule has 2 atom stereocenters. The fourth-order valence-corrected chi connectivity index (χ4v) is 3.22. The number of hydrogen-bond acceptors (Lipinski definition) is 2. The lowest BCUT2D eigenvalue weighted by atomic mass is 9.98. The monoisotopic (exact) mass is 219 g/mol. The Morgan fingerprint density at radius 3 is 2.94 bits per heavy atom. The highest BCUT2D eigenvalue weighted by Gasteiger charge is 2.28. The Bertz CT molecular complexity index is 383. The molecular weight excluding hydrogens is 198 g/mol. The molecule has 0 aromatic carbocycles. The van der Waals surface area contributed by atoms with Gasteiger partial charge in [0, 0.05) is 30.9 Å². The van der Waals surface area contributed by atoms with Gasteiger partial charge in [-0.3, -0.25) is 0 Å². The number of rotatable bonds is 1. The van der Waals surface area contributed by atoms with Crippen LogP contribution >= 0.6 is 0 Å². The maximum atomic E-state index is 4.70. The maximum absolute atomic E-state index is 4.70. The number of likely N-dealkylation sites (tertiary alicyclic amines) is 1. The summed E-state index contributed by atoms with van der Waals surface area (Å²) in [4.78, 5) is 7.12. The highest BCUT2D eigenvalue weighted by molar-refractivity contribution is 5.16. The van der Waals surface area contributed by atoms with Gasteiger partial charge in [0.05, 0.1) is 0 Å². The average molecular weight is 219 g/mol. The van der Waals surface area contributed by atoms with Gasteiger partial charge in [-0.15, -0.1) is 0 Å². The van der Waals surface area contributed by atoms with E-state index in [4.69, 9.17) is 4.98 Å². The van der Waals surface area contributed by atoms with Gasteiger partial charge in [0.1, 0.15) is 5.82 Å². The van der Waals surface area contributed by atoms with Crippen LogP contribution in [0.5, 0.6) is 0 Å². The van der Waals surface area contributed by atoms with Crippen LogP contribution in [0.1, 0.15) is 49.5 Å². The Hall–Kier alpha value is -0.830. The Morgan fingerprint density at radius 1 is 1.31 bits per heavy atom. The van der Waals surface area contributed by atoms with Gasteiger partial charge in [-0.25, -0.2) is 4.98 Å².